The van der Waals surface area contributed by atoms with Gasteiger partial charge in [0.25, 0.3) is 0 Å². The summed E-state index contributed by atoms with van der Waals surface area (Å²) in [5.41, 5.74) is 2.05. The van der Waals surface area contributed by atoms with Crippen molar-refractivity contribution in [2.75, 3.05) is 6.61 Å². The Morgan fingerprint density at radius 1 is 1.22 bits per heavy atom. The maximum Gasteiger partial charge on any atom is 0.0613 e. The van der Waals surface area contributed by atoms with Crippen LogP contribution in [-0.4, -0.2) is 23.9 Å². The number of hydrogen-bond donors (Lipinski definition) is 1. The van der Waals surface area contributed by atoms with Crippen LogP contribution in [0.3, 0.4) is 0 Å². The van der Waals surface area contributed by atoms with Crippen molar-refractivity contribution < 1.29 is 9.84 Å². The third-order valence-corrected chi connectivity index (χ3v) is 9.66. The molecule has 1 N–H and O–H groups in total. The van der Waals surface area contributed by atoms with Crippen molar-refractivity contribution in [3.63, 3.8) is 0 Å². The Morgan fingerprint density at radius 3 is 2.59 bits per heavy atom. The van der Waals surface area contributed by atoms with Gasteiger partial charge in [-0.05, 0) is 85.4 Å². The Hall–Kier alpha value is -0.340. The molecule has 2 heteroatoms. The highest BCUT2D eigenvalue weighted by molar-refractivity contribution is 5.08. The summed E-state index contributed by atoms with van der Waals surface area (Å²) in [5, 5.41) is 10.3. The highest BCUT2D eigenvalue weighted by Crippen LogP contribution is 2.56. The molecule has 0 aromatic rings. The summed E-state index contributed by atoms with van der Waals surface area (Å²) in [6.45, 7) is 19.8. The quantitative estimate of drug-likeness (QED) is 0.576. The molecule has 0 spiro atoms. The lowest BCUT2D eigenvalue weighted by Gasteiger charge is -2.52. The maximum atomic E-state index is 10.3. The van der Waals surface area contributed by atoms with Gasteiger partial charge in [0.15, 0.2) is 0 Å². The van der Waals surface area contributed by atoms with Crippen LogP contribution < -0.4 is 0 Å². The van der Waals surface area contributed by atoms with Crippen LogP contribution in [0.4, 0.5) is 0 Å². The van der Waals surface area contributed by atoms with Crippen LogP contribution in [0, 0.1) is 40.4 Å². The third kappa shape index (κ3) is 3.78. The van der Waals surface area contributed by atoms with E-state index in [1.807, 2.05) is 0 Å². The van der Waals surface area contributed by atoms with Crippen LogP contribution in [-0.2, 0) is 4.74 Å². The molecule has 2 aliphatic carbocycles. The van der Waals surface area contributed by atoms with Gasteiger partial charge in [0, 0.05) is 0 Å². The second-order valence-corrected chi connectivity index (χ2v) is 11.0. The molecule has 1 saturated heterocycles. The average molecular weight is 377 g/mol. The van der Waals surface area contributed by atoms with E-state index in [1.165, 1.54) is 24.8 Å². The SMILES string of the molecule is C=C(CC)C(C)C1(C)CCC(C)C(CC2OCC3(C)CCC(O)CC23)C1C. The molecule has 0 aromatic carbocycles. The third-order valence-electron chi connectivity index (χ3n) is 9.66. The molecule has 0 radical (unpaired) electrons. The van der Waals surface area contributed by atoms with Gasteiger partial charge in [-0.2, -0.15) is 0 Å². The van der Waals surface area contributed by atoms with Crippen LogP contribution in [0.25, 0.3) is 0 Å². The Labute approximate surface area is 168 Å². The fraction of sp³-hybridized carbons (Fsp3) is 0.920. The van der Waals surface area contributed by atoms with Crippen molar-refractivity contribution in [2.24, 2.45) is 40.4 Å². The number of fused-ring (bicyclic) bond motifs is 1. The van der Waals surface area contributed by atoms with Crippen molar-refractivity contribution in [3.8, 4) is 0 Å². The van der Waals surface area contributed by atoms with Gasteiger partial charge in [-0.15, -0.1) is 0 Å². The minimum absolute atomic E-state index is 0.119. The van der Waals surface area contributed by atoms with Gasteiger partial charge in [0.1, 0.15) is 0 Å². The maximum absolute atomic E-state index is 10.3. The van der Waals surface area contributed by atoms with Crippen LogP contribution >= 0.6 is 0 Å². The Kier molecular flexibility index (Phi) is 6.19. The summed E-state index contributed by atoms with van der Waals surface area (Å²) >= 11 is 0. The monoisotopic (exact) mass is 376 g/mol. The zero-order chi connectivity index (χ0) is 20.0. The lowest BCUT2D eigenvalue weighted by atomic mass is 9.53. The van der Waals surface area contributed by atoms with E-state index in [9.17, 15) is 5.11 Å². The molecule has 1 heterocycles. The van der Waals surface area contributed by atoms with E-state index in [0.717, 1.165) is 38.2 Å². The second kappa shape index (κ2) is 7.82. The molecule has 3 rings (SSSR count). The predicted molar refractivity (Wildman–Crippen MR) is 114 cm³/mol. The van der Waals surface area contributed by atoms with E-state index < -0.39 is 0 Å². The van der Waals surface area contributed by atoms with Crippen molar-refractivity contribution >= 4 is 0 Å². The van der Waals surface area contributed by atoms with Crippen molar-refractivity contribution in [3.05, 3.63) is 12.2 Å². The summed E-state index contributed by atoms with van der Waals surface area (Å²) in [4.78, 5) is 0. The van der Waals surface area contributed by atoms with Gasteiger partial charge in [0.2, 0.25) is 0 Å². The summed E-state index contributed by atoms with van der Waals surface area (Å²) in [6.07, 6.45) is 8.14. The lowest BCUT2D eigenvalue weighted by Crippen LogP contribution is -2.46. The Bertz CT molecular complexity index is 542. The molecule has 0 aromatic heterocycles. The number of rotatable bonds is 5. The minimum Gasteiger partial charge on any atom is -0.393 e. The summed E-state index contributed by atoms with van der Waals surface area (Å²) in [5.74, 6) is 3.28. The second-order valence-electron chi connectivity index (χ2n) is 11.0. The van der Waals surface area contributed by atoms with Crippen LogP contribution in [0.1, 0.15) is 86.5 Å². The Morgan fingerprint density at radius 2 is 1.93 bits per heavy atom. The fourth-order valence-corrected chi connectivity index (χ4v) is 6.85. The highest BCUT2D eigenvalue weighted by Gasteiger charge is 2.52. The number of hydrogen-bond acceptors (Lipinski definition) is 2. The molecule has 156 valence electrons. The predicted octanol–water partition coefficient (Wildman–Crippen LogP) is 6.23. The van der Waals surface area contributed by atoms with Gasteiger partial charge in [0.05, 0.1) is 18.8 Å². The first-order chi connectivity index (χ1) is 12.6. The summed E-state index contributed by atoms with van der Waals surface area (Å²) < 4.78 is 6.42. The largest absolute Gasteiger partial charge is 0.393 e. The molecule has 1 aliphatic heterocycles. The lowest BCUT2D eigenvalue weighted by molar-refractivity contribution is -0.0364. The molecule has 27 heavy (non-hydrogen) atoms. The van der Waals surface area contributed by atoms with Crippen LogP contribution in [0.2, 0.25) is 0 Å². The molecule has 0 amide bonds. The zero-order valence-corrected chi connectivity index (χ0v) is 18.8. The molecule has 9 atom stereocenters. The minimum atomic E-state index is -0.119. The number of aliphatic hydroxyl groups excluding tert-OH is 1. The van der Waals surface area contributed by atoms with Crippen LogP contribution in [0.5, 0.6) is 0 Å². The summed E-state index contributed by atoms with van der Waals surface area (Å²) in [6, 6.07) is 0. The van der Waals surface area contributed by atoms with E-state index in [2.05, 4.69) is 48.1 Å². The van der Waals surface area contributed by atoms with Crippen molar-refractivity contribution in [2.45, 2.75) is 98.7 Å². The molecule has 2 nitrogen and oxygen atoms in total. The Balaban J connectivity index is 1.76. The molecule has 9 unspecified atom stereocenters. The normalized spacial score (nSPS) is 48.9. The molecule has 0 bridgehead atoms. The standard InChI is InChI=1S/C25H44O2/c1-8-16(2)18(4)25(7)12-9-17(3)21(19(25)5)14-23-22-13-20(26)10-11-24(22,6)15-27-23/h17-23,26H,2,8-15H2,1,3-7H3. The smallest absolute Gasteiger partial charge is 0.0613 e. The average Bonchev–Trinajstić information content (AvgIpc) is 2.97. The molecule has 2 saturated carbocycles. The summed E-state index contributed by atoms with van der Waals surface area (Å²) in [7, 11) is 0. The van der Waals surface area contributed by atoms with E-state index in [1.54, 1.807) is 0 Å². The van der Waals surface area contributed by atoms with Gasteiger partial charge in [-0.1, -0.05) is 53.7 Å². The van der Waals surface area contributed by atoms with Gasteiger partial charge in [-0.3, -0.25) is 0 Å². The van der Waals surface area contributed by atoms with Gasteiger partial charge in [-0.25, -0.2) is 0 Å². The molecule has 3 aliphatic rings. The zero-order valence-electron chi connectivity index (χ0n) is 18.8. The van der Waals surface area contributed by atoms with Crippen LogP contribution in [0.15, 0.2) is 12.2 Å². The molecule has 3 fully saturated rings. The van der Waals surface area contributed by atoms with Crippen molar-refractivity contribution in [1.29, 1.82) is 0 Å². The molecular weight excluding hydrogens is 332 g/mol. The van der Waals surface area contributed by atoms with Gasteiger partial charge < -0.3 is 9.84 Å². The fourth-order valence-electron chi connectivity index (χ4n) is 6.85. The number of ether oxygens (including phenoxy) is 1. The van der Waals surface area contributed by atoms with E-state index >= 15 is 0 Å². The van der Waals surface area contributed by atoms with E-state index in [0.29, 0.717) is 35.2 Å². The number of aliphatic hydroxyl groups is 1. The van der Waals surface area contributed by atoms with E-state index in [-0.39, 0.29) is 11.5 Å². The van der Waals surface area contributed by atoms with Crippen molar-refractivity contribution in [1.82, 2.24) is 0 Å². The number of allylic oxidation sites excluding steroid dienone is 1. The first kappa shape index (κ1) is 21.4. The van der Waals surface area contributed by atoms with E-state index in [4.69, 9.17) is 4.74 Å². The first-order valence-electron chi connectivity index (χ1n) is 11.6. The highest BCUT2D eigenvalue weighted by atomic mass is 16.5. The molecular formula is C25H44O2. The topological polar surface area (TPSA) is 29.5 Å². The van der Waals surface area contributed by atoms with Gasteiger partial charge >= 0.3 is 0 Å². The first-order valence-corrected chi connectivity index (χ1v) is 11.6.